The van der Waals surface area contributed by atoms with Gasteiger partial charge in [0.2, 0.25) is 5.91 Å². The summed E-state index contributed by atoms with van der Waals surface area (Å²) in [6.07, 6.45) is 0.470. The number of aromatic nitrogens is 1. The van der Waals surface area contributed by atoms with Gasteiger partial charge in [0.05, 0.1) is 36.4 Å². The highest BCUT2D eigenvalue weighted by molar-refractivity contribution is 7.10. The molecular weight excluding hydrogens is 292 g/mol. The van der Waals surface area contributed by atoms with Gasteiger partial charge in [-0.05, 0) is 18.4 Å². The molecule has 1 aliphatic heterocycles. The van der Waals surface area contributed by atoms with E-state index in [0.29, 0.717) is 26.2 Å². The summed E-state index contributed by atoms with van der Waals surface area (Å²) in [4.78, 5) is 20.0. The fourth-order valence-corrected chi connectivity index (χ4v) is 3.70. The molecular formula is C14H16N2O2S2. The molecule has 106 valence electrons. The van der Waals surface area contributed by atoms with Gasteiger partial charge >= 0.3 is 0 Å². The third kappa shape index (κ3) is 2.92. The molecule has 6 heteroatoms. The van der Waals surface area contributed by atoms with Crippen LogP contribution in [0.2, 0.25) is 0 Å². The number of hydrogen-bond acceptors (Lipinski definition) is 5. The fraction of sp³-hybridized carbons (Fsp3) is 0.429. The number of amides is 1. The summed E-state index contributed by atoms with van der Waals surface area (Å²) in [6.45, 7) is 3.77. The molecule has 2 aromatic rings. The number of carbonyl (C=O) groups excluding carboxylic acids is 1. The Morgan fingerprint density at radius 2 is 2.45 bits per heavy atom. The van der Waals surface area contributed by atoms with Crippen molar-refractivity contribution in [1.29, 1.82) is 0 Å². The van der Waals surface area contributed by atoms with Gasteiger partial charge in [0, 0.05) is 16.8 Å². The molecule has 1 saturated heterocycles. The van der Waals surface area contributed by atoms with Crippen molar-refractivity contribution < 1.29 is 9.53 Å². The molecule has 2 aromatic heterocycles. The molecule has 3 heterocycles. The Bertz CT molecular complexity index is 580. The topological polar surface area (TPSA) is 42.4 Å². The number of nitrogens with zero attached hydrogens (tertiary/aromatic N) is 2. The van der Waals surface area contributed by atoms with Crippen LogP contribution < -0.4 is 0 Å². The Kier molecular flexibility index (Phi) is 4.14. The third-order valence-electron chi connectivity index (χ3n) is 3.33. The lowest BCUT2D eigenvalue weighted by Gasteiger charge is -2.34. The molecule has 1 atom stereocenters. The van der Waals surface area contributed by atoms with Crippen LogP contribution in [0.25, 0.3) is 0 Å². The Hall–Kier alpha value is -1.24. The summed E-state index contributed by atoms with van der Waals surface area (Å²) >= 11 is 3.24. The molecule has 0 N–H and O–H groups in total. The van der Waals surface area contributed by atoms with E-state index in [-0.39, 0.29) is 11.9 Å². The standard InChI is InChI=1S/C14H16N2O2S2/c1-10-15-12(9-20-10)13-8-18-5-4-16(13)14(17)7-11-3-2-6-19-11/h2-3,6,9,13H,4-5,7-8H2,1H3. The van der Waals surface area contributed by atoms with E-state index in [4.69, 9.17) is 4.74 Å². The molecule has 3 rings (SSSR count). The molecule has 0 saturated carbocycles. The van der Waals surface area contributed by atoms with Gasteiger partial charge in [0.15, 0.2) is 0 Å². The Balaban J connectivity index is 1.76. The lowest BCUT2D eigenvalue weighted by atomic mass is 10.1. The zero-order chi connectivity index (χ0) is 13.9. The number of carbonyl (C=O) groups is 1. The van der Waals surface area contributed by atoms with Gasteiger partial charge in [-0.15, -0.1) is 22.7 Å². The van der Waals surface area contributed by atoms with Gasteiger partial charge in [-0.3, -0.25) is 4.79 Å². The first-order valence-electron chi connectivity index (χ1n) is 6.55. The van der Waals surface area contributed by atoms with E-state index < -0.39 is 0 Å². The van der Waals surface area contributed by atoms with Gasteiger partial charge in [0.1, 0.15) is 0 Å². The van der Waals surface area contributed by atoms with Crippen molar-refractivity contribution in [3.8, 4) is 0 Å². The highest BCUT2D eigenvalue weighted by Crippen LogP contribution is 2.26. The summed E-state index contributed by atoms with van der Waals surface area (Å²) in [5.41, 5.74) is 0.951. The minimum atomic E-state index is -0.0406. The van der Waals surface area contributed by atoms with Crippen molar-refractivity contribution in [2.45, 2.75) is 19.4 Å². The summed E-state index contributed by atoms with van der Waals surface area (Å²) in [6, 6.07) is 3.94. The van der Waals surface area contributed by atoms with Crippen molar-refractivity contribution in [2.75, 3.05) is 19.8 Å². The van der Waals surface area contributed by atoms with E-state index in [1.165, 1.54) is 0 Å². The molecule has 1 fully saturated rings. The smallest absolute Gasteiger partial charge is 0.228 e. The van der Waals surface area contributed by atoms with Crippen LogP contribution in [0.3, 0.4) is 0 Å². The van der Waals surface area contributed by atoms with E-state index in [9.17, 15) is 4.79 Å². The zero-order valence-corrected chi connectivity index (χ0v) is 12.9. The average molecular weight is 308 g/mol. The molecule has 20 heavy (non-hydrogen) atoms. The van der Waals surface area contributed by atoms with Crippen molar-refractivity contribution >= 4 is 28.6 Å². The van der Waals surface area contributed by atoms with Gasteiger partial charge in [-0.2, -0.15) is 0 Å². The average Bonchev–Trinajstić information content (AvgIpc) is 3.10. The van der Waals surface area contributed by atoms with E-state index in [0.717, 1.165) is 15.6 Å². The number of thiazole rings is 1. The lowest BCUT2D eigenvalue weighted by molar-refractivity contribution is -0.139. The quantitative estimate of drug-likeness (QED) is 0.875. The maximum absolute atomic E-state index is 12.5. The predicted octanol–water partition coefficient (Wildman–Crippen LogP) is 2.66. The first kappa shape index (κ1) is 13.7. The molecule has 1 amide bonds. The number of thiophene rings is 1. The summed E-state index contributed by atoms with van der Waals surface area (Å²) in [5.74, 6) is 0.159. The molecule has 0 aromatic carbocycles. The third-order valence-corrected chi connectivity index (χ3v) is 5.00. The molecule has 0 spiro atoms. The van der Waals surface area contributed by atoms with Gasteiger partial charge in [-0.1, -0.05) is 6.07 Å². The summed E-state index contributed by atoms with van der Waals surface area (Å²) < 4.78 is 5.53. The van der Waals surface area contributed by atoms with Crippen LogP contribution in [0.5, 0.6) is 0 Å². The number of aryl methyl sites for hydroxylation is 1. The molecule has 0 radical (unpaired) electrons. The predicted molar refractivity (Wildman–Crippen MR) is 80.1 cm³/mol. The second-order valence-corrected chi connectivity index (χ2v) is 6.82. The van der Waals surface area contributed by atoms with Gasteiger partial charge < -0.3 is 9.64 Å². The van der Waals surface area contributed by atoms with Crippen molar-refractivity contribution in [1.82, 2.24) is 9.88 Å². The molecule has 0 aliphatic carbocycles. The van der Waals surface area contributed by atoms with E-state index >= 15 is 0 Å². The van der Waals surface area contributed by atoms with Crippen LogP contribution in [0.15, 0.2) is 22.9 Å². The molecule has 0 bridgehead atoms. The van der Waals surface area contributed by atoms with Gasteiger partial charge in [-0.25, -0.2) is 4.98 Å². The van der Waals surface area contributed by atoms with Crippen LogP contribution in [0.4, 0.5) is 0 Å². The van der Waals surface area contributed by atoms with Crippen LogP contribution in [-0.2, 0) is 16.0 Å². The van der Waals surface area contributed by atoms with E-state index in [1.54, 1.807) is 22.7 Å². The van der Waals surface area contributed by atoms with Crippen LogP contribution >= 0.6 is 22.7 Å². The van der Waals surface area contributed by atoms with Gasteiger partial charge in [0.25, 0.3) is 0 Å². The number of rotatable bonds is 3. The monoisotopic (exact) mass is 308 g/mol. The van der Waals surface area contributed by atoms with E-state index in [1.807, 2.05) is 34.7 Å². The second kappa shape index (κ2) is 6.03. The Morgan fingerprint density at radius 3 is 3.15 bits per heavy atom. The first-order valence-corrected chi connectivity index (χ1v) is 8.31. The van der Waals surface area contributed by atoms with Crippen LogP contribution in [0, 0.1) is 6.92 Å². The Labute approximate surface area is 126 Å². The number of morpholine rings is 1. The van der Waals surface area contributed by atoms with Crippen molar-refractivity contribution in [3.05, 3.63) is 38.5 Å². The number of ether oxygens (including phenoxy) is 1. The van der Waals surface area contributed by atoms with Crippen molar-refractivity contribution in [3.63, 3.8) is 0 Å². The minimum absolute atomic E-state index is 0.0406. The highest BCUT2D eigenvalue weighted by atomic mass is 32.1. The first-order chi connectivity index (χ1) is 9.74. The SMILES string of the molecule is Cc1nc(C2COCCN2C(=O)Cc2cccs2)cs1. The largest absolute Gasteiger partial charge is 0.377 e. The van der Waals surface area contributed by atoms with Crippen LogP contribution in [-0.4, -0.2) is 35.5 Å². The van der Waals surface area contributed by atoms with Crippen LogP contribution in [0.1, 0.15) is 21.6 Å². The molecule has 1 aliphatic rings. The van der Waals surface area contributed by atoms with E-state index in [2.05, 4.69) is 4.98 Å². The maximum atomic E-state index is 12.5. The highest BCUT2D eigenvalue weighted by Gasteiger charge is 2.30. The maximum Gasteiger partial charge on any atom is 0.228 e. The molecule has 1 unspecified atom stereocenters. The summed E-state index contributed by atoms with van der Waals surface area (Å²) in [5, 5.41) is 5.06. The summed E-state index contributed by atoms with van der Waals surface area (Å²) in [7, 11) is 0. The Morgan fingerprint density at radius 1 is 1.55 bits per heavy atom. The lowest BCUT2D eigenvalue weighted by Crippen LogP contribution is -2.44. The molecule has 4 nitrogen and oxygen atoms in total. The van der Waals surface area contributed by atoms with Crippen molar-refractivity contribution in [2.24, 2.45) is 0 Å². The minimum Gasteiger partial charge on any atom is -0.377 e. The normalized spacial score (nSPS) is 19.2. The zero-order valence-electron chi connectivity index (χ0n) is 11.2. The fourth-order valence-electron chi connectivity index (χ4n) is 2.34. The second-order valence-electron chi connectivity index (χ2n) is 4.73. The number of hydrogen-bond donors (Lipinski definition) is 0.